The number of fused-ring (bicyclic) bond motifs is 1. The maximum atomic E-state index is 13.0. The summed E-state index contributed by atoms with van der Waals surface area (Å²) in [6.45, 7) is 1.62. The Morgan fingerprint density at radius 2 is 1.92 bits per heavy atom. The number of nitriles is 1. The SMILES string of the molecule is CC(=O)c1ccc(NC(=O)CSC2=C(C#N)C(c3ccc4c(c3)OCO4)C3=C(CCCC3=O)N2)cc1. The number of Topliss-reactive ketones (excluding diaryl/α,β-unsaturated/α-hetero) is 2. The molecule has 0 radical (unpaired) electrons. The summed E-state index contributed by atoms with van der Waals surface area (Å²) in [6.07, 6.45) is 1.86. The molecule has 2 aromatic rings. The van der Waals surface area contributed by atoms with Crippen molar-refractivity contribution in [3.8, 4) is 17.6 Å². The number of ether oxygens (including phenoxy) is 2. The molecule has 2 heterocycles. The lowest BCUT2D eigenvalue weighted by Crippen LogP contribution is -2.31. The highest BCUT2D eigenvalue weighted by molar-refractivity contribution is 8.03. The molecule has 2 N–H and O–H groups in total. The van der Waals surface area contributed by atoms with Crippen LogP contribution in [0.15, 0.2) is 64.3 Å². The predicted molar refractivity (Wildman–Crippen MR) is 134 cm³/mol. The number of ketones is 2. The van der Waals surface area contributed by atoms with E-state index in [1.165, 1.54) is 18.7 Å². The molecule has 3 aliphatic rings. The predicted octanol–water partition coefficient (Wildman–Crippen LogP) is 4.42. The molecule has 182 valence electrons. The largest absolute Gasteiger partial charge is 0.454 e. The van der Waals surface area contributed by atoms with Crippen LogP contribution in [0.2, 0.25) is 0 Å². The van der Waals surface area contributed by atoms with Crippen molar-refractivity contribution < 1.29 is 23.9 Å². The molecule has 0 saturated heterocycles. The fraction of sp³-hybridized carbons (Fsp3) is 0.259. The van der Waals surface area contributed by atoms with Crippen molar-refractivity contribution in [2.45, 2.75) is 32.1 Å². The average Bonchev–Trinajstić information content (AvgIpc) is 3.35. The van der Waals surface area contributed by atoms with Crippen LogP contribution < -0.4 is 20.1 Å². The molecule has 0 aromatic heterocycles. The Morgan fingerprint density at radius 3 is 2.67 bits per heavy atom. The number of hydrogen-bond donors (Lipinski definition) is 2. The van der Waals surface area contributed by atoms with Gasteiger partial charge in [-0.3, -0.25) is 14.4 Å². The smallest absolute Gasteiger partial charge is 0.234 e. The van der Waals surface area contributed by atoms with Crippen LogP contribution in [0.1, 0.15) is 48.0 Å². The number of nitrogens with one attached hydrogen (secondary N) is 2. The highest BCUT2D eigenvalue weighted by Crippen LogP contribution is 2.46. The van der Waals surface area contributed by atoms with Gasteiger partial charge >= 0.3 is 0 Å². The molecule has 36 heavy (non-hydrogen) atoms. The minimum Gasteiger partial charge on any atom is -0.454 e. The summed E-state index contributed by atoms with van der Waals surface area (Å²) in [4.78, 5) is 37.1. The Labute approximate surface area is 212 Å². The van der Waals surface area contributed by atoms with Crippen LogP contribution in [0, 0.1) is 11.3 Å². The van der Waals surface area contributed by atoms with Crippen molar-refractivity contribution in [2.24, 2.45) is 0 Å². The van der Waals surface area contributed by atoms with Gasteiger partial charge in [0.25, 0.3) is 0 Å². The number of dihydropyridines is 1. The lowest BCUT2D eigenvalue weighted by molar-refractivity contribution is -0.116. The van der Waals surface area contributed by atoms with Crippen LogP contribution >= 0.6 is 11.8 Å². The molecular formula is C27H23N3O5S. The quantitative estimate of drug-likeness (QED) is 0.559. The third-order valence-electron chi connectivity index (χ3n) is 6.32. The Balaban J connectivity index is 1.40. The van der Waals surface area contributed by atoms with Crippen molar-refractivity contribution in [2.75, 3.05) is 17.9 Å². The van der Waals surface area contributed by atoms with Crippen LogP contribution in [-0.2, 0) is 9.59 Å². The normalized spacial score (nSPS) is 18.3. The van der Waals surface area contributed by atoms with E-state index < -0.39 is 5.92 Å². The van der Waals surface area contributed by atoms with Gasteiger partial charge in [0.2, 0.25) is 12.7 Å². The average molecular weight is 502 g/mol. The van der Waals surface area contributed by atoms with Crippen molar-refractivity contribution in [1.29, 1.82) is 5.26 Å². The van der Waals surface area contributed by atoms with Gasteiger partial charge in [0.05, 0.1) is 28.3 Å². The molecule has 1 atom stereocenters. The van der Waals surface area contributed by atoms with E-state index in [4.69, 9.17) is 9.47 Å². The number of anilines is 1. The first kappa shape index (κ1) is 23.7. The number of carbonyl (C=O) groups excluding carboxylic acids is 3. The van der Waals surface area contributed by atoms with Crippen molar-refractivity contribution in [3.05, 3.63) is 75.5 Å². The maximum Gasteiger partial charge on any atom is 0.234 e. The van der Waals surface area contributed by atoms with E-state index >= 15 is 0 Å². The van der Waals surface area contributed by atoms with E-state index in [0.717, 1.165) is 17.7 Å². The second-order valence-electron chi connectivity index (χ2n) is 8.66. The van der Waals surface area contributed by atoms with Crippen molar-refractivity contribution in [3.63, 3.8) is 0 Å². The van der Waals surface area contributed by atoms with Gasteiger partial charge in [-0.25, -0.2) is 0 Å². The van der Waals surface area contributed by atoms with E-state index in [2.05, 4.69) is 16.7 Å². The number of hydrogen-bond acceptors (Lipinski definition) is 8. The summed E-state index contributed by atoms with van der Waals surface area (Å²) in [5.41, 5.74) is 3.72. The standard InChI is InChI=1S/C27H23N3O5S/c1-15(31)16-5-8-18(9-6-16)29-24(33)13-36-27-19(12-28)25(26-20(30-27)3-2-4-21(26)32)17-7-10-22-23(11-17)35-14-34-22/h5-11,25,30H,2-4,13-14H2,1H3,(H,29,33). The summed E-state index contributed by atoms with van der Waals surface area (Å²) in [5, 5.41) is 16.8. The van der Waals surface area contributed by atoms with Gasteiger partial charge in [-0.05, 0) is 61.7 Å². The molecule has 0 saturated carbocycles. The summed E-state index contributed by atoms with van der Waals surface area (Å²) >= 11 is 1.22. The Bertz CT molecular complexity index is 1370. The number of amides is 1. The number of nitrogens with zero attached hydrogens (tertiary/aromatic N) is 1. The third kappa shape index (κ3) is 4.60. The van der Waals surface area contributed by atoms with E-state index in [0.29, 0.717) is 51.8 Å². The van der Waals surface area contributed by atoms with Gasteiger partial charge in [-0.2, -0.15) is 5.26 Å². The Kier molecular flexibility index (Phi) is 6.53. The molecule has 5 rings (SSSR count). The molecule has 1 aliphatic carbocycles. The van der Waals surface area contributed by atoms with Gasteiger partial charge in [-0.15, -0.1) is 0 Å². The summed E-state index contributed by atoms with van der Waals surface area (Å²) in [5.74, 6) is 0.455. The molecule has 0 bridgehead atoms. The highest BCUT2D eigenvalue weighted by Gasteiger charge is 2.37. The first-order chi connectivity index (χ1) is 17.4. The molecule has 1 amide bonds. The number of carbonyl (C=O) groups is 3. The first-order valence-corrected chi connectivity index (χ1v) is 12.5. The molecule has 9 heteroatoms. The van der Waals surface area contributed by atoms with Crippen LogP contribution in [0.5, 0.6) is 11.5 Å². The number of rotatable bonds is 6. The molecular weight excluding hydrogens is 478 g/mol. The second-order valence-corrected chi connectivity index (χ2v) is 9.65. The lowest BCUT2D eigenvalue weighted by Gasteiger charge is -2.33. The Morgan fingerprint density at radius 1 is 1.14 bits per heavy atom. The molecule has 8 nitrogen and oxygen atoms in total. The van der Waals surface area contributed by atoms with Crippen LogP contribution in [-0.4, -0.2) is 30.0 Å². The monoisotopic (exact) mass is 501 g/mol. The summed E-state index contributed by atoms with van der Waals surface area (Å²) in [7, 11) is 0. The fourth-order valence-electron chi connectivity index (χ4n) is 4.59. The van der Waals surface area contributed by atoms with Gasteiger partial charge in [-0.1, -0.05) is 17.8 Å². The van der Waals surface area contributed by atoms with E-state index in [1.807, 2.05) is 12.1 Å². The van der Waals surface area contributed by atoms with Crippen LogP contribution in [0.3, 0.4) is 0 Å². The topological polar surface area (TPSA) is 118 Å². The van der Waals surface area contributed by atoms with Gasteiger partial charge in [0.1, 0.15) is 0 Å². The highest BCUT2D eigenvalue weighted by atomic mass is 32.2. The molecule has 1 unspecified atom stereocenters. The third-order valence-corrected chi connectivity index (χ3v) is 7.33. The number of allylic oxidation sites excluding steroid dienone is 3. The summed E-state index contributed by atoms with van der Waals surface area (Å²) < 4.78 is 10.9. The van der Waals surface area contributed by atoms with Crippen LogP contribution in [0.25, 0.3) is 0 Å². The van der Waals surface area contributed by atoms with E-state index in [1.54, 1.807) is 30.3 Å². The molecule has 2 aromatic carbocycles. The van der Waals surface area contributed by atoms with Gasteiger partial charge in [0.15, 0.2) is 23.1 Å². The van der Waals surface area contributed by atoms with Gasteiger partial charge < -0.3 is 20.1 Å². The molecule has 2 aliphatic heterocycles. The van der Waals surface area contributed by atoms with E-state index in [9.17, 15) is 19.6 Å². The zero-order chi connectivity index (χ0) is 25.2. The van der Waals surface area contributed by atoms with Crippen LogP contribution in [0.4, 0.5) is 5.69 Å². The van der Waals surface area contributed by atoms with Gasteiger partial charge in [0, 0.05) is 28.9 Å². The number of thioether (sulfide) groups is 1. The zero-order valence-corrected chi connectivity index (χ0v) is 20.4. The van der Waals surface area contributed by atoms with Crippen molar-refractivity contribution in [1.82, 2.24) is 5.32 Å². The molecule has 0 spiro atoms. The first-order valence-electron chi connectivity index (χ1n) is 11.6. The zero-order valence-electron chi connectivity index (χ0n) is 19.6. The Hall–Kier alpha value is -4.03. The van der Waals surface area contributed by atoms with Crippen molar-refractivity contribution >= 4 is 34.9 Å². The summed E-state index contributed by atoms with van der Waals surface area (Å²) in [6, 6.07) is 14.4. The van der Waals surface area contributed by atoms with E-state index in [-0.39, 0.29) is 30.0 Å². The fourth-order valence-corrected chi connectivity index (χ4v) is 5.45. The minimum atomic E-state index is -0.543. The second kappa shape index (κ2) is 9.91. The maximum absolute atomic E-state index is 13.0. The minimum absolute atomic E-state index is 0.0231. The molecule has 0 fully saturated rings. The number of benzene rings is 2. The lowest BCUT2D eigenvalue weighted by atomic mass is 9.77.